The molecule has 1 aromatic rings. The molecule has 3 nitrogen and oxygen atoms in total. The number of ether oxygens (including phenoxy) is 1. The first-order valence-electron chi connectivity index (χ1n) is 6.05. The highest BCUT2D eigenvalue weighted by Crippen LogP contribution is 2.33. The molecule has 2 N–H and O–H groups in total. The quantitative estimate of drug-likeness (QED) is 0.841. The minimum atomic E-state index is 0.245. The molecule has 0 heterocycles. The van der Waals surface area contributed by atoms with Crippen molar-refractivity contribution in [1.82, 2.24) is 5.32 Å². The summed E-state index contributed by atoms with van der Waals surface area (Å²) in [6.07, 6.45) is 3.85. The molecule has 0 saturated heterocycles. The number of benzene rings is 1. The molecule has 1 aliphatic rings. The number of methoxy groups -OCH3 is 1. The highest BCUT2D eigenvalue weighted by atomic mass is 79.9. The minimum absolute atomic E-state index is 0.245. The van der Waals surface area contributed by atoms with Gasteiger partial charge in [-0.25, -0.2) is 0 Å². The Morgan fingerprint density at radius 3 is 2.61 bits per heavy atom. The molecule has 0 aromatic heterocycles. The zero-order chi connectivity index (χ0) is 13.1. The van der Waals surface area contributed by atoms with Crippen molar-refractivity contribution in [2.45, 2.75) is 38.0 Å². The lowest BCUT2D eigenvalue weighted by molar-refractivity contribution is 0.0847. The number of phenolic OH excluding ortho intramolecular Hbond substituents is 1. The molecule has 2 unspecified atom stereocenters. The molecule has 1 fully saturated rings. The van der Waals surface area contributed by atoms with Crippen LogP contribution in [0.5, 0.6) is 5.75 Å². The van der Waals surface area contributed by atoms with E-state index in [0.717, 1.165) is 18.5 Å². The summed E-state index contributed by atoms with van der Waals surface area (Å²) < 4.78 is 6.88. The van der Waals surface area contributed by atoms with E-state index in [0.29, 0.717) is 21.1 Å². The molecule has 2 rings (SSSR count). The molecule has 100 valence electrons. The van der Waals surface area contributed by atoms with Gasteiger partial charge in [-0.3, -0.25) is 0 Å². The normalized spacial score (nSPS) is 23.5. The van der Waals surface area contributed by atoms with Gasteiger partial charge in [0, 0.05) is 19.7 Å². The Kier molecular flexibility index (Phi) is 5.06. The molecule has 2 atom stereocenters. The second-order valence-electron chi connectivity index (χ2n) is 4.60. The number of phenols is 1. The van der Waals surface area contributed by atoms with Gasteiger partial charge in [0.15, 0.2) is 0 Å². The maximum absolute atomic E-state index is 9.66. The summed E-state index contributed by atoms with van der Waals surface area (Å²) in [5.74, 6) is 0.245. The van der Waals surface area contributed by atoms with Crippen LogP contribution in [-0.4, -0.2) is 24.4 Å². The molecule has 5 heteroatoms. The number of rotatable bonds is 4. The Morgan fingerprint density at radius 2 is 2.00 bits per heavy atom. The molecule has 18 heavy (non-hydrogen) atoms. The van der Waals surface area contributed by atoms with Crippen molar-refractivity contribution in [2.24, 2.45) is 0 Å². The average Bonchev–Trinajstić information content (AvgIpc) is 2.80. The second kappa shape index (κ2) is 6.37. The Labute approximate surface area is 124 Å². The largest absolute Gasteiger partial charge is 0.506 e. The number of hydrogen-bond acceptors (Lipinski definition) is 3. The fraction of sp³-hybridized carbons (Fsp3) is 0.538. The van der Waals surface area contributed by atoms with Crippen molar-refractivity contribution >= 4 is 31.9 Å². The lowest BCUT2D eigenvalue weighted by Crippen LogP contribution is -2.36. The smallest absolute Gasteiger partial charge is 0.143 e. The van der Waals surface area contributed by atoms with E-state index in [2.05, 4.69) is 37.2 Å². The third-order valence-corrected chi connectivity index (χ3v) is 4.61. The van der Waals surface area contributed by atoms with Crippen LogP contribution in [0, 0.1) is 0 Å². The van der Waals surface area contributed by atoms with E-state index in [4.69, 9.17) is 4.74 Å². The maximum Gasteiger partial charge on any atom is 0.143 e. The second-order valence-corrected chi connectivity index (χ2v) is 6.31. The highest BCUT2D eigenvalue weighted by molar-refractivity contribution is 9.11. The molecule has 0 spiro atoms. The molecule has 0 aliphatic heterocycles. The van der Waals surface area contributed by atoms with Crippen LogP contribution in [0.2, 0.25) is 0 Å². The zero-order valence-electron chi connectivity index (χ0n) is 10.2. The monoisotopic (exact) mass is 377 g/mol. The van der Waals surface area contributed by atoms with Crippen LogP contribution in [0.4, 0.5) is 0 Å². The van der Waals surface area contributed by atoms with Gasteiger partial charge < -0.3 is 15.2 Å². The minimum Gasteiger partial charge on any atom is -0.506 e. The molecular formula is C13H17Br2NO2. The van der Waals surface area contributed by atoms with Crippen molar-refractivity contribution in [2.75, 3.05) is 7.11 Å². The number of aromatic hydroxyl groups is 1. The van der Waals surface area contributed by atoms with E-state index < -0.39 is 0 Å². The maximum atomic E-state index is 9.66. The summed E-state index contributed by atoms with van der Waals surface area (Å²) in [6, 6.07) is 4.30. The molecular weight excluding hydrogens is 362 g/mol. The summed E-state index contributed by atoms with van der Waals surface area (Å²) in [6.45, 7) is 0.780. The first-order valence-corrected chi connectivity index (χ1v) is 7.63. The van der Waals surface area contributed by atoms with Gasteiger partial charge in [0.05, 0.1) is 15.0 Å². The standard InChI is InChI=1S/C13H17Br2NO2/c1-18-12-4-2-3-11(12)16-7-8-5-9(14)13(17)10(15)6-8/h5-6,11-12,16-17H,2-4,7H2,1H3. The van der Waals surface area contributed by atoms with Crippen LogP contribution in [0.1, 0.15) is 24.8 Å². The third kappa shape index (κ3) is 3.26. The highest BCUT2D eigenvalue weighted by Gasteiger charge is 2.26. The van der Waals surface area contributed by atoms with E-state index in [1.54, 1.807) is 7.11 Å². The average molecular weight is 379 g/mol. The van der Waals surface area contributed by atoms with Gasteiger partial charge in [-0.1, -0.05) is 0 Å². The molecule has 0 bridgehead atoms. The predicted octanol–water partition coefficient (Wildman–Crippen LogP) is 3.57. The number of nitrogens with one attached hydrogen (secondary N) is 1. The third-order valence-electron chi connectivity index (χ3n) is 3.40. The summed E-state index contributed by atoms with van der Waals surface area (Å²) in [5, 5.41) is 13.2. The van der Waals surface area contributed by atoms with E-state index in [1.165, 1.54) is 12.8 Å². The molecule has 1 aliphatic carbocycles. The molecule has 0 radical (unpaired) electrons. The van der Waals surface area contributed by atoms with Crippen LogP contribution >= 0.6 is 31.9 Å². The Balaban J connectivity index is 1.98. The Bertz CT molecular complexity index is 402. The Morgan fingerprint density at radius 1 is 1.33 bits per heavy atom. The zero-order valence-corrected chi connectivity index (χ0v) is 13.4. The van der Waals surface area contributed by atoms with E-state index in [-0.39, 0.29) is 5.75 Å². The van der Waals surface area contributed by atoms with Gasteiger partial charge in [0.25, 0.3) is 0 Å². The summed E-state index contributed by atoms with van der Waals surface area (Å²) in [7, 11) is 1.78. The van der Waals surface area contributed by atoms with Crippen LogP contribution in [0.15, 0.2) is 21.1 Å². The van der Waals surface area contributed by atoms with Crippen molar-refractivity contribution in [3.8, 4) is 5.75 Å². The molecule has 1 aromatic carbocycles. The van der Waals surface area contributed by atoms with Crippen molar-refractivity contribution in [1.29, 1.82) is 0 Å². The van der Waals surface area contributed by atoms with Crippen molar-refractivity contribution < 1.29 is 9.84 Å². The van der Waals surface area contributed by atoms with Crippen LogP contribution < -0.4 is 5.32 Å². The molecule has 0 amide bonds. The van der Waals surface area contributed by atoms with Crippen LogP contribution in [-0.2, 0) is 11.3 Å². The summed E-state index contributed by atoms with van der Waals surface area (Å²) >= 11 is 6.69. The van der Waals surface area contributed by atoms with Gasteiger partial charge in [0.2, 0.25) is 0 Å². The lowest BCUT2D eigenvalue weighted by atomic mass is 10.1. The first-order chi connectivity index (χ1) is 8.61. The summed E-state index contributed by atoms with van der Waals surface area (Å²) in [5.41, 5.74) is 1.13. The fourth-order valence-corrected chi connectivity index (χ4v) is 3.69. The van der Waals surface area contributed by atoms with Gasteiger partial charge in [-0.15, -0.1) is 0 Å². The number of hydrogen-bond donors (Lipinski definition) is 2. The van der Waals surface area contributed by atoms with Gasteiger partial charge in [0.1, 0.15) is 5.75 Å². The first kappa shape index (κ1) is 14.3. The van der Waals surface area contributed by atoms with Crippen LogP contribution in [0.3, 0.4) is 0 Å². The van der Waals surface area contributed by atoms with Gasteiger partial charge in [-0.2, -0.15) is 0 Å². The topological polar surface area (TPSA) is 41.5 Å². The van der Waals surface area contributed by atoms with Crippen LogP contribution in [0.25, 0.3) is 0 Å². The Hall–Kier alpha value is -0.100. The van der Waals surface area contributed by atoms with E-state index in [9.17, 15) is 5.11 Å². The fourth-order valence-electron chi connectivity index (χ4n) is 2.41. The van der Waals surface area contributed by atoms with Crippen molar-refractivity contribution in [3.63, 3.8) is 0 Å². The lowest BCUT2D eigenvalue weighted by Gasteiger charge is -2.20. The van der Waals surface area contributed by atoms with Crippen molar-refractivity contribution in [3.05, 3.63) is 26.6 Å². The van der Waals surface area contributed by atoms with Gasteiger partial charge in [-0.05, 0) is 68.8 Å². The van der Waals surface area contributed by atoms with Gasteiger partial charge >= 0.3 is 0 Å². The van der Waals surface area contributed by atoms with E-state index >= 15 is 0 Å². The van der Waals surface area contributed by atoms with E-state index in [1.807, 2.05) is 12.1 Å². The number of halogens is 2. The summed E-state index contributed by atoms with van der Waals surface area (Å²) in [4.78, 5) is 0. The SMILES string of the molecule is COC1CCCC1NCc1cc(Br)c(O)c(Br)c1. The predicted molar refractivity (Wildman–Crippen MR) is 78.8 cm³/mol. The molecule has 1 saturated carbocycles.